The first-order chi connectivity index (χ1) is 8.46. The van der Waals surface area contributed by atoms with Gasteiger partial charge in [-0.3, -0.25) is 0 Å². The van der Waals surface area contributed by atoms with Crippen LogP contribution >= 0.6 is 23.4 Å². The maximum atomic E-state index is 11.9. The Hall–Kier alpha value is -0.750. The third kappa shape index (κ3) is 5.27. The van der Waals surface area contributed by atoms with Gasteiger partial charge in [-0.2, -0.15) is 13.2 Å². The molecule has 18 heavy (non-hydrogen) atoms. The maximum absolute atomic E-state index is 11.9. The van der Waals surface area contributed by atoms with Crippen molar-refractivity contribution in [1.29, 1.82) is 0 Å². The Morgan fingerprint density at radius 3 is 2.56 bits per heavy atom. The van der Waals surface area contributed by atoms with Gasteiger partial charge in [0.2, 0.25) is 0 Å². The van der Waals surface area contributed by atoms with Crippen molar-refractivity contribution >= 4 is 23.4 Å². The van der Waals surface area contributed by atoms with E-state index in [4.69, 9.17) is 21.1 Å². The number of halogens is 4. The molecular weight excluding hydrogens is 289 g/mol. The van der Waals surface area contributed by atoms with Crippen LogP contribution in [0.5, 0.6) is 11.5 Å². The summed E-state index contributed by atoms with van der Waals surface area (Å²) in [6, 6.07) is 5.09. The largest absolute Gasteiger partial charge is 0.493 e. The highest BCUT2D eigenvalue weighted by atomic mass is 35.5. The highest BCUT2D eigenvalue weighted by Crippen LogP contribution is 2.31. The lowest BCUT2D eigenvalue weighted by Crippen LogP contribution is -2.08. The molecule has 1 aromatic rings. The minimum Gasteiger partial charge on any atom is -0.493 e. The molecule has 0 saturated heterocycles. The van der Waals surface area contributed by atoms with Gasteiger partial charge < -0.3 is 9.47 Å². The minimum absolute atomic E-state index is 0.0493. The highest BCUT2D eigenvalue weighted by Gasteiger charge is 2.27. The molecule has 0 aliphatic rings. The summed E-state index contributed by atoms with van der Waals surface area (Å²) in [6.45, 7) is -0.0493. The predicted octanol–water partition coefficient (Wildman–Crippen LogP) is 4.07. The molecule has 0 bridgehead atoms. The van der Waals surface area contributed by atoms with E-state index in [0.29, 0.717) is 17.4 Å². The fourth-order valence-electron chi connectivity index (χ4n) is 1.23. The monoisotopic (exact) mass is 300 g/mol. The first-order valence-corrected chi connectivity index (χ1v) is 6.54. The van der Waals surface area contributed by atoms with E-state index in [9.17, 15) is 13.2 Å². The normalized spacial score (nSPS) is 11.4. The zero-order chi connectivity index (χ0) is 13.6. The fraction of sp³-hybridized carbons (Fsp3) is 0.455. The Kier molecular flexibility index (Phi) is 5.95. The van der Waals surface area contributed by atoms with Crippen molar-refractivity contribution in [3.05, 3.63) is 23.8 Å². The molecule has 0 aliphatic carbocycles. The molecule has 1 aromatic carbocycles. The van der Waals surface area contributed by atoms with Crippen LogP contribution in [0.3, 0.4) is 0 Å². The summed E-state index contributed by atoms with van der Waals surface area (Å²) in [6.07, 6.45) is 0. The molecule has 0 aliphatic heterocycles. The molecule has 1 rings (SSSR count). The van der Waals surface area contributed by atoms with Gasteiger partial charge in [0.15, 0.2) is 11.5 Å². The molecule has 2 nitrogen and oxygen atoms in total. The van der Waals surface area contributed by atoms with Gasteiger partial charge in [-0.1, -0.05) is 6.07 Å². The van der Waals surface area contributed by atoms with E-state index in [0.717, 1.165) is 5.56 Å². The average molecular weight is 301 g/mol. The topological polar surface area (TPSA) is 18.5 Å². The molecule has 0 heterocycles. The van der Waals surface area contributed by atoms with Crippen LogP contribution in [0.25, 0.3) is 0 Å². The Morgan fingerprint density at radius 1 is 1.28 bits per heavy atom. The zero-order valence-electron chi connectivity index (χ0n) is 9.59. The third-order valence-electron chi connectivity index (χ3n) is 1.99. The summed E-state index contributed by atoms with van der Waals surface area (Å²) in [5.41, 5.74) is -3.42. The van der Waals surface area contributed by atoms with Gasteiger partial charge in [0.1, 0.15) is 0 Å². The van der Waals surface area contributed by atoms with Gasteiger partial charge in [-0.25, -0.2) is 0 Å². The molecule has 0 unspecified atom stereocenters. The highest BCUT2D eigenvalue weighted by molar-refractivity contribution is 8.00. The maximum Gasteiger partial charge on any atom is 0.441 e. The SMILES string of the molecule is COc1ccc(CCl)cc1OCCSC(F)(F)F. The number of ether oxygens (including phenoxy) is 2. The van der Waals surface area contributed by atoms with Crippen molar-refractivity contribution < 1.29 is 22.6 Å². The second-order valence-corrected chi connectivity index (χ2v) is 4.69. The average Bonchev–Trinajstić information content (AvgIpc) is 2.33. The quantitative estimate of drug-likeness (QED) is 0.583. The van der Waals surface area contributed by atoms with Crippen molar-refractivity contribution in [2.75, 3.05) is 19.5 Å². The van der Waals surface area contributed by atoms with E-state index in [2.05, 4.69) is 0 Å². The smallest absolute Gasteiger partial charge is 0.441 e. The molecular formula is C11H12ClF3O2S. The molecule has 0 atom stereocenters. The van der Waals surface area contributed by atoms with Gasteiger partial charge in [0, 0.05) is 11.6 Å². The minimum atomic E-state index is -4.23. The number of hydrogen-bond donors (Lipinski definition) is 0. The lowest BCUT2D eigenvalue weighted by atomic mass is 10.2. The van der Waals surface area contributed by atoms with E-state index in [1.165, 1.54) is 7.11 Å². The van der Waals surface area contributed by atoms with E-state index < -0.39 is 5.51 Å². The molecule has 0 fully saturated rings. The first kappa shape index (κ1) is 15.3. The second-order valence-electron chi connectivity index (χ2n) is 3.26. The van der Waals surface area contributed by atoms with Crippen LogP contribution in [0.15, 0.2) is 18.2 Å². The molecule has 0 saturated carbocycles. The lowest BCUT2D eigenvalue weighted by molar-refractivity contribution is -0.0329. The summed E-state index contributed by atoms with van der Waals surface area (Å²) >= 11 is 5.55. The molecule has 0 spiro atoms. The summed E-state index contributed by atoms with van der Waals surface area (Å²) in [5.74, 6) is 1.01. The fourth-order valence-corrected chi connectivity index (χ4v) is 1.79. The number of thioether (sulfide) groups is 1. The van der Waals surface area contributed by atoms with Crippen molar-refractivity contribution in [1.82, 2.24) is 0 Å². The Balaban J connectivity index is 2.54. The molecule has 0 amide bonds. The third-order valence-corrected chi connectivity index (χ3v) is 3.00. The molecule has 0 radical (unpaired) electrons. The Bertz CT molecular complexity index is 385. The van der Waals surface area contributed by atoms with E-state index in [-0.39, 0.29) is 24.1 Å². The van der Waals surface area contributed by atoms with Gasteiger partial charge >= 0.3 is 5.51 Å². The van der Waals surface area contributed by atoms with E-state index in [1.54, 1.807) is 18.2 Å². The summed E-state index contributed by atoms with van der Waals surface area (Å²) in [7, 11) is 1.47. The van der Waals surface area contributed by atoms with Gasteiger partial charge in [0.05, 0.1) is 13.7 Å². The lowest BCUT2D eigenvalue weighted by Gasteiger charge is -2.12. The van der Waals surface area contributed by atoms with Crippen LogP contribution in [0, 0.1) is 0 Å². The molecule has 7 heteroatoms. The number of benzene rings is 1. The van der Waals surface area contributed by atoms with Crippen LogP contribution in [-0.4, -0.2) is 25.0 Å². The van der Waals surface area contributed by atoms with Crippen LogP contribution in [0.2, 0.25) is 0 Å². The number of hydrogen-bond acceptors (Lipinski definition) is 3. The summed E-state index contributed by atoms with van der Waals surface area (Å²) in [4.78, 5) is 0. The van der Waals surface area contributed by atoms with Crippen molar-refractivity contribution in [3.63, 3.8) is 0 Å². The number of alkyl halides is 4. The van der Waals surface area contributed by atoms with Crippen molar-refractivity contribution in [2.24, 2.45) is 0 Å². The molecule has 102 valence electrons. The second kappa shape index (κ2) is 6.99. The van der Waals surface area contributed by atoms with E-state index >= 15 is 0 Å². The first-order valence-electron chi connectivity index (χ1n) is 5.02. The van der Waals surface area contributed by atoms with Crippen LogP contribution in [0.1, 0.15) is 5.56 Å². The Labute approximate surface area is 112 Å². The van der Waals surface area contributed by atoms with Gasteiger partial charge in [-0.05, 0) is 29.5 Å². The summed E-state index contributed by atoms with van der Waals surface area (Å²) in [5, 5.41) is 0. The summed E-state index contributed by atoms with van der Waals surface area (Å²) < 4.78 is 46.0. The predicted molar refractivity (Wildman–Crippen MR) is 66.6 cm³/mol. The van der Waals surface area contributed by atoms with E-state index in [1.807, 2.05) is 0 Å². The van der Waals surface area contributed by atoms with Crippen LogP contribution < -0.4 is 9.47 Å². The zero-order valence-corrected chi connectivity index (χ0v) is 11.2. The molecule has 0 aromatic heterocycles. The van der Waals surface area contributed by atoms with Crippen molar-refractivity contribution in [3.8, 4) is 11.5 Å². The Morgan fingerprint density at radius 2 is 2.00 bits per heavy atom. The molecule has 0 N–H and O–H groups in total. The standard InChI is InChI=1S/C11H12ClF3O2S/c1-16-9-3-2-8(7-12)6-10(9)17-4-5-18-11(13,14)15/h2-3,6H,4-5,7H2,1H3. The van der Waals surface area contributed by atoms with Crippen LogP contribution in [-0.2, 0) is 5.88 Å². The number of rotatable bonds is 6. The number of methoxy groups -OCH3 is 1. The van der Waals surface area contributed by atoms with Crippen molar-refractivity contribution in [2.45, 2.75) is 11.4 Å². The van der Waals surface area contributed by atoms with Crippen LogP contribution in [0.4, 0.5) is 13.2 Å². The van der Waals surface area contributed by atoms with Gasteiger partial charge in [-0.15, -0.1) is 11.6 Å². The van der Waals surface area contributed by atoms with Gasteiger partial charge in [0.25, 0.3) is 0 Å².